The molecule has 100 valence electrons. The standard InChI is InChI=1S/C16H24FN/c17-15-10-8-13(9-11-15)12-16(18)14-6-4-2-1-3-5-7-14/h8-11,14,16H,1-7,12,18H2. The first kappa shape index (κ1) is 13.5. The van der Waals surface area contributed by atoms with Gasteiger partial charge in [-0.2, -0.15) is 0 Å². The van der Waals surface area contributed by atoms with Crippen molar-refractivity contribution >= 4 is 0 Å². The van der Waals surface area contributed by atoms with Crippen molar-refractivity contribution in [2.24, 2.45) is 11.7 Å². The Balaban J connectivity index is 1.89. The fraction of sp³-hybridized carbons (Fsp3) is 0.625. The van der Waals surface area contributed by atoms with Gasteiger partial charge in [-0.05, 0) is 42.9 Å². The number of rotatable bonds is 3. The number of nitrogens with two attached hydrogens (primary N) is 1. The van der Waals surface area contributed by atoms with Crippen LogP contribution in [-0.4, -0.2) is 6.04 Å². The zero-order valence-electron chi connectivity index (χ0n) is 11.1. The van der Waals surface area contributed by atoms with Crippen molar-refractivity contribution in [2.45, 2.75) is 57.4 Å². The third kappa shape index (κ3) is 4.09. The third-order valence-corrected chi connectivity index (χ3v) is 4.14. The van der Waals surface area contributed by atoms with E-state index >= 15 is 0 Å². The first-order chi connectivity index (χ1) is 8.75. The predicted octanol–water partition coefficient (Wildman–Crippen LogP) is 4.06. The lowest BCUT2D eigenvalue weighted by atomic mass is 9.84. The van der Waals surface area contributed by atoms with Crippen LogP contribution < -0.4 is 5.73 Å². The van der Waals surface area contributed by atoms with Crippen molar-refractivity contribution in [3.63, 3.8) is 0 Å². The van der Waals surface area contributed by atoms with Crippen molar-refractivity contribution in [3.8, 4) is 0 Å². The van der Waals surface area contributed by atoms with E-state index < -0.39 is 0 Å². The minimum Gasteiger partial charge on any atom is -0.327 e. The first-order valence-electron chi connectivity index (χ1n) is 7.26. The largest absolute Gasteiger partial charge is 0.327 e. The summed E-state index contributed by atoms with van der Waals surface area (Å²) in [5, 5.41) is 0. The molecule has 0 heterocycles. The molecule has 18 heavy (non-hydrogen) atoms. The van der Waals surface area contributed by atoms with E-state index in [9.17, 15) is 4.39 Å². The highest BCUT2D eigenvalue weighted by molar-refractivity contribution is 5.17. The van der Waals surface area contributed by atoms with Crippen LogP contribution in [0.2, 0.25) is 0 Å². The molecule has 1 fully saturated rings. The maximum absolute atomic E-state index is 12.8. The Kier molecular flexibility index (Phi) is 5.18. The van der Waals surface area contributed by atoms with Gasteiger partial charge < -0.3 is 5.73 Å². The molecule has 1 aliphatic rings. The molecule has 1 aromatic carbocycles. The van der Waals surface area contributed by atoms with Crippen LogP contribution in [0.1, 0.15) is 50.5 Å². The highest BCUT2D eigenvalue weighted by Gasteiger charge is 2.18. The molecule has 2 heteroatoms. The summed E-state index contributed by atoms with van der Waals surface area (Å²) in [7, 11) is 0. The normalized spacial score (nSPS) is 20.1. The average Bonchev–Trinajstić information content (AvgIpc) is 2.31. The molecule has 0 saturated heterocycles. The van der Waals surface area contributed by atoms with Gasteiger partial charge in [0.05, 0.1) is 0 Å². The molecule has 1 unspecified atom stereocenters. The van der Waals surface area contributed by atoms with Crippen molar-refractivity contribution in [1.82, 2.24) is 0 Å². The van der Waals surface area contributed by atoms with Crippen LogP contribution in [0.3, 0.4) is 0 Å². The Morgan fingerprint density at radius 1 is 1.00 bits per heavy atom. The Morgan fingerprint density at radius 2 is 1.56 bits per heavy atom. The van der Waals surface area contributed by atoms with Crippen LogP contribution in [0, 0.1) is 11.7 Å². The monoisotopic (exact) mass is 249 g/mol. The molecule has 0 radical (unpaired) electrons. The fourth-order valence-electron chi connectivity index (χ4n) is 2.98. The van der Waals surface area contributed by atoms with Gasteiger partial charge in [0.15, 0.2) is 0 Å². The van der Waals surface area contributed by atoms with Gasteiger partial charge in [-0.1, -0.05) is 44.2 Å². The van der Waals surface area contributed by atoms with Gasteiger partial charge in [-0.15, -0.1) is 0 Å². The molecule has 1 aliphatic carbocycles. The summed E-state index contributed by atoms with van der Waals surface area (Å²) < 4.78 is 12.8. The van der Waals surface area contributed by atoms with E-state index in [0.29, 0.717) is 5.92 Å². The second-order valence-electron chi connectivity index (χ2n) is 5.60. The van der Waals surface area contributed by atoms with Crippen molar-refractivity contribution in [1.29, 1.82) is 0 Å². The van der Waals surface area contributed by atoms with Gasteiger partial charge in [0, 0.05) is 6.04 Å². The Morgan fingerprint density at radius 3 is 2.17 bits per heavy atom. The van der Waals surface area contributed by atoms with Gasteiger partial charge in [0.2, 0.25) is 0 Å². The van der Waals surface area contributed by atoms with Gasteiger partial charge in [0.1, 0.15) is 5.82 Å². The summed E-state index contributed by atoms with van der Waals surface area (Å²) in [5.74, 6) is 0.480. The number of halogens is 1. The topological polar surface area (TPSA) is 26.0 Å². The summed E-state index contributed by atoms with van der Waals surface area (Å²) in [6.45, 7) is 0. The average molecular weight is 249 g/mol. The molecule has 0 aromatic heterocycles. The van der Waals surface area contributed by atoms with E-state index in [1.165, 1.54) is 57.1 Å². The molecule has 0 aliphatic heterocycles. The van der Waals surface area contributed by atoms with Gasteiger partial charge in [-0.25, -0.2) is 4.39 Å². The smallest absolute Gasteiger partial charge is 0.123 e. The molecule has 1 nitrogen and oxygen atoms in total. The van der Waals surface area contributed by atoms with Crippen LogP contribution in [0.25, 0.3) is 0 Å². The van der Waals surface area contributed by atoms with Crippen LogP contribution >= 0.6 is 0 Å². The molecule has 1 aromatic rings. The van der Waals surface area contributed by atoms with Gasteiger partial charge in [0.25, 0.3) is 0 Å². The highest BCUT2D eigenvalue weighted by Crippen LogP contribution is 2.25. The molecular weight excluding hydrogens is 225 g/mol. The lowest BCUT2D eigenvalue weighted by Crippen LogP contribution is -2.32. The van der Waals surface area contributed by atoms with Crippen LogP contribution in [0.15, 0.2) is 24.3 Å². The zero-order valence-corrected chi connectivity index (χ0v) is 11.1. The summed E-state index contributed by atoms with van der Waals surface area (Å²) in [4.78, 5) is 0. The molecule has 1 saturated carbocycles. The maximum atomic E-state index is 12.8. The van der Waals surface area contributed by atoms with E-state index in [4.69, 9.17) is 5.73 Å². The lowest BCUT2D eigenvalue weighted by Gasteiger charge is -2.25. The summed E-state index contributed by atoms with van der Waals surface area (Å²) >= 11 is 0. The van der Waals surface area contributed by atoms with E-state index in [2.05, 4.69) is 0 Å². The second-order valence-corrected chi connectivity index (χ2v) is 5.60. The number of hydrogen-bond acceptors (Lipinski definition) is 1. The van der Waals surface area contributed by atoms with E-state index in [-0.39, 0.29) is 11.9 Å². The highest BCUT2D eigenvalue weighted by atomic mass is 19.1. The predicted molar refractivity (Wildman–Crippen MR) is 73.9 cm³/mol. The van der Waals surface area contributed by atoms with Crippen molar-refractivity contribution in [3.05, 3.63) is 35.6 Å². The zero-order chi connectivity index (χ0) is 12.8. The molecule has 2 N–H and O–H groups in total. The van der Waals surface area contributed by atoms with Crippen molar-refractivity contribution < 1.29 is 4.39 Å². The lowest BCUT2D eigenvalue weighted by molar-refractivity contribution is 0.322. The summed E-state index contributed by atoms with van der Waals surface area (Å²) in [6.07, 6.45) is 10.2. The second kappa shape index (κ2) is 6.89. The summed E-state index contributed by atoms with van der Waals surface area (Å²) in [6, 6.07) is 7.00. The van der Waals surface area contributed by atoms with Gasteiger partial charge >= 0.3 is 0 Å². The van der Waals surface area contributed by atoms with Crippen LogP contribution in [0.4, 0.5) is 4.39 Å². The van der Waals surface area contributed by atoms with Crippen molar-refractivity contribution in [2.75, 3.05) is 0 Å². The minimum atomic E-state index is -0.168. The van der Waals surface area contributed by atoms with E-state index in [1.807, 2.05) is 12.1 Å². The minimum absolute atomic E-state index is 0.168. The van der Waals surface area contributed by atoms with Crippen LogP contribution in [-0.2, 0) is 6.42 Å². The molecule has 0 bridgehead atoms. The third-order valence-electron chi connectivity index (χ3n) is 4.14. The molecular formula is C16H24FN. The maximum Gasteiger partial charge on any atom is 0.123 e. The number of hydrogen-bond donors (Lipinski definition) is 1. The van der Waals surface area contributed by atoms with E-state index in [0.717, 1.165) is 12.0 Å². The van der Waals surface area contributed by atoms with E-state index in [1.54, 1.807) is 0 Å². The Bertz CT molecular complexity index is 339. The molecule has 0 spiro atoms. The Labute approximate surface area is 110 Å². The first-order valence-corrected chi connectivity index (χ1v) is 7.26. The molecule has 0 amide bonds. The fourth-order valence-corrected chi connectivity index (χ4v) is 2.98. The quantitative estimate of drug-likeness (QED) is 0.859. The molecule has 1 atom stereocenters. The van der Waals surface area contributed by atoms with Crippen LogP contribution in [0.5, 0.6) is 0 Å². The number of benzene rings is 1. The molecule has 2 rings (SSSR count). The summed E-state index contributed by atoms with van der Waals surface area (Å²) in [5.41, 5.74) is 7.50. The van der Waals surface area contributed by atoms with Gasteiger partial charge in [-0.3, -0.25) is 0 Å². The Hall–Kier alpha value is -0.890. The SMILES string of the molecule is NC(Cc1ccc(F)cc1)C1CCCCCCC1.